The maximum Gasteiger partial charge on any atom is 1.00 e. The topological polar surface area (TPSA) is 31.4 Å². The molecule has 0 saturated heterocycles. The number of rotatable bonds is 5. The summed E-state index contributed by atoms with van der Waals surface area (Å²) in [6.45, 7) is -5.35. The summed E-state index contributed by atoms with van der Waals surface area (Å²) in [5.41, 5.74) is -0.651. The van der Waals surface area contributed by atoms with Gasteiger partial charge in [-0.1, -0.05) is 5.46 Å². The van der Waals surface area contributed by atoms with E-state index in [0.717, 1.165) is 18.5 Å². The van der Waals surface area contributed by atoms with E-state index in [9.17, 15) is 17.3 Å². The number of aromatic nitrogens is 1. The van der Waals surface area contributed by atoms with Crippen LogP contribution in [0.4, 0.5) is 17.3 Å². The van der Waals surface area contributed by atoms with Crippen molar-refractivity contribution in [2.75, 3.05) is 7.11 Å². The molecule has 1 heterocycles. The smallest absolute Gasteiger partial charge is 0.497 e. The Morgan fingerprint density at radius 1 is 1.09 bits per heavy atom. The molecule has 0 amide bonds. The van der Waals surface area contributed by atoms with Gasteiger partial charge in [0.2, 0.25) is 0 Å². The molecule has 9 heteroatoms. The van der Waals surface area contributed by atoms with Crippen molar-refractivity contribution in [3.63, 3.8) is 0 Å². The Kier molecular flexibility index (Phi) is 7.33. The number of pyridine rings is 1. The molecule has 1 aromatic carbocycles. The Balaban J connectivity index is 0.00000242. The summed E-state index contributed by atoms with van der Waals surface area (Å²) in [5.74, 6) is -0.278. The van der Waals surface area contributed by atoms with Gasteiger partial charge in [0.15, 0.2) is 0 Å². The predicted octanol–water partition coefficient (Wildman–Crippen LogP) is -0.133. The van der Waals surface area contributed by atoms with Crippen LogP contribution < -0.4 is 66.3 Å². The third-order valence-corrected chi connectivity index (χ3v) is 2.77. The van der Waals surface area contributed by atoms with Crippen molar-refractivity contribution in [3.8, 4) is 11.5 Å². The molecule has 2 aromatic rings. The number of halogens is 4. The van der Waals surface area contributed by atoms with Crippen molar-refractivity contribution in [1.82, 2.24) is 4.98 Å². The van der Waals surface area contributed by atoms with Crippen LogP contribution in [0.1, 0.15) is 5.56 Å². The van der Waals surface area contributed by atoms with Gasteiger partial charge in [0, 0.05) is 17.8 Å². The van der Waals surface area contributed by atoms with Gasteiger partial charge in [-0.2, -0.15) is 0 Å². The van der Waals surface area contributed by atoms with Crippen LogP contribution in [0.5, 0.6) is 11.5 Å². The first-order chi connectivity index (χ1) is 9.90. The first-order valence-corrected chi connectivity index (χ1v) is 6.00. The molecule has 0 saturated carbocycles. The molecular weight excluding hydrogens is 328 g/mol. The Labute approximate surface area is 167 Å². The molecular formula is C13H11BF4KNO2. The molecule has 2 rings (SSSR count). The molecule has 0 unspecified atom stereocenters. The fourth-order valence-corrected chi connectivity index (χ4v) is 1.63. The zero-order valence-corrected chi connectivity index (χ0v) is 15.1. The van der Waals surface area contributed by atoms with Crippen LogP contribution in [0.15, 0.2) is 36.7 Å². The molecule has 1 aromatic heterocycles. The van der Waals surface area contributed by atoms with E-state index in [1.54, 1.807) is 0 Å². The summed E-state index contributed by atoms with van der Waals surface area (Å²) in [5, 5.41) is 0. The minimum absolute atomic E-state index is 0. The van der Waals surface area contributed by atoms with Crippen LogP contribution in [0.25, 0.3) is 0 Å². The van der Waals surface area contributed by atoms with E-state index in [2.05, 4.69) is 4.98 Å². The van der Waals surface area contributed by atoms with E-state index in [0.29, 0.717) is 5.75 Å². The van der Waals surface area contributed by atoms with Crippen LogP contribution >= 0.6 is 0 Å². The summed E-state index contributed by atoms with van der Waals surface area (Å²) >= 11 is 0. The molecule has 3 nitrogen and oxygen atoms in total. The van der Waals surface area contributed by atoms with Gasteiger partial charge >= 0.3 is 58.4 Å². The van der Waals surface area contributed by atoms with Crippen molar-refractivity contribution in [2.45, 2.75) is 6.61 Å². The second-order valence-electron chi connectivity index (χ2n) is 4.27. The van der Waals surface area contributed by atoms with Crippen molar-refractivity contribution in [3.05, 3.63) is 48.0 Å². The predicted molar refractivity (Wildman–Crippen MR) is 70.2 cm³/mol. The van der Waals surface area contributed by atoms with E-state index in [4.69, 9.17) is 9.47 Å². The summed E-state index contributed by atoms with van der Waals surface area (Å²) in [4.78, 5) is 3.47. The Hall–Kier alpha value is -0.609. The molecule has 0 bridgehead atoms. The van der Waals surface area contributed by atoms with Gasteiger partial charge in [0.05, 0.1) is 13.3 Å². The van der Waals surface area contributed by atoms with Crippen LogP contribution in [-0.4, -0.2) is 19.1 Å². The third-order valence-electron chi connectivity index (χ3n) is 2.77. The standard InChI is InChI=1S/C13H11BF4NO2.K/c1-20-11-3-2-9(13(15)5-11)8-21-12-4-10(6-19-7-12)14(16,17)18;/h2-7H,8H2,1H3;/q-1;+1. The molecule has 0 aliphatic heterocycles. The van der Waals surface area contributed by atoms with Gasteiger partial charge in [0.1, 0.15) is 23.9 Å². The molecule has 0 spiro atoms. The first kappa shape index (κ1) is 19.4. The van der Waals surface area contributed by atoms with Crippen molar-refractivity contribution in [2.24, 2.45) is 0 Å². The van der Waals surface area contributed by atoms with Gasteiger partial charge in [-0.25, -0.2) is 4.39 Å². The second kappa shape index (κ2) is 8.30. The summed E-state index contributed by atoms with van der Waals surface area (Å²) in [7, 11) is 1.40. The van der Waals surface area contributed by atoms with Gasteiger partial charge in [-0.15, -0.1) is 0 Å². The van der Waals surface area contributed by atoms with Gasteiger partial charge < -0.3 is 22.4 Å². The number of methoxy groups -OCH3 is 1. The quantitative estimate of drug-likeness (QED) is 0.562. The van der Waals surface area contributed by atoms with E-state index in [1.165, 1.54) is 25.3 Å². The molecule has 0 aliphatic carbocycles. The van der Waals surface area contributed by atoms with Crippen molar-refractivity contribution >= 4 is 12.4 Å². The molecule has 0 atom stereocenters. The van der Waals surface area contributed by atoms with Crippen LogP contribution in [0.2, 0.25) is 0 Å². The average Bonchev–Trinajstić information content (AvgIpc) is 2.45. The van der Waals surface area contributed by atoms with E-state index < -0.39 is 18.3 Å². The first-order valence-electron chi connectivity index (χ1n) is 6.00. The Morgan fingerprint density at radius 3 is 2.41 bits per heavy atom. The normalized spacial score (nSPS) is 10.8. The Bertz CT molecular complexity index is 640. The molecule has 22 heavy (non-hydrogen) atoms. The van der Waals surface area contributed by atoms with Gasteiger partial charge in [-0.3, -0.25) is 4.98 Å². The van der Waals surface area contributed by atoms with Gasteiger partial charge in [0.25, 0.3) is 0 Å². The number of hydrogen-bond donors (Lipinski definition) is 0. The number of ether oxygens (including phenoxy) is 2. The van der Waals surface area contributed by atoms with E-state index >= 15 is 0 Å². The number of nitrogens with zero attached hydrogens (tertiary/aromatic N) is 1. The third kappa shape index (κ3) is 5.24. The van der Waals surface area contributed by atoms with Crippen LogP contribution in [0, 0.1) is 5.82 Å². The van der Waals surface area contributed by atoms with E-state index in [-0.39, 0.29) is 69.3 Å². The largest absolute Gasteiger partial charge is 1.00 e. The fourth-order valence-electron chi connectivity index (χ4n) is 1.63. The second-order valence-corrected chi connectivity index (χ2v) is 4.27. The minimum atomic E-state index is -5.14. The molecule has 0 radical (unpaired) electrons. The van der Waals surface area contributed by atoms with Crippen LogP contribution in [-0.2, 0) is 6.61 Å². The molecule has 112 valence electrons. The Morgan fingerprint density at radius 2 is 1.82 bits per heavy atom. The SMILES string of the molecule is COc1ccc(COc2cncc([B-](F)(F)F)c2)c(F)c1.[K+]. The van der Waals surface area contributed by atoms with Crippen molar-refractivity contribution in [1.29, 1.82) is 0 Å². The monoisotopic (exact) mass is 339 g/mol. The number of benzene rings is 1. The fraction of sp³-hybridized carbons (Fsp3) is 0.154. The maximum absolute atomic E-state index is 13.7. The molecule has 0 fully saturated rings. The maximum atomic E-state index is 13.7. The summed E-state index contributed by atoms with van der Waals surface area (Å²) in [6.07, 6.45) is 1.87. The molecule has 0 N–H and O–H groups in total. The van der Waals surface area contributed by atoms with Gasteiger partial charge in [-0.05, 0) is 18.2 Å². The molecule has 0 aliphatic rings. The van der Waals surface area contributed by atoms with Crippen LogP contribution in [0.3, 0.4) is 0 Å². The summed E-state index contributed by atoms with van der Waals surface area (Å²) in [6, 6.07) is 5.00. The minimum Gasteiger partial charge on any atom is -0.497 e. The number of hydrogen-bond acceptors (Lipinski definition) is 3. The summed E-state index contributed by atoms with van der Waals surface area (Å²) < 4.78 is 61.4. The zero-order valence-electron chi connectivity index (χ0n) is 12.0. The zero-order chi connectivity index (χ0) is 15.5. The average molecular weight is 339 g/mol. The van der Waals surface area contributed by atoms with Crippen molar-refractivity contribution < 1.29 is 78.2 Å². The van der Waals surface area contributed by atoms with E-state index in [1.807, 2.05) is 0 Å².